The van der Waals surface area contributed by atoms with Crippen LogP contribution in [0.15, 0.2) is 24.0 Å². The highest BCUT2D eigenvalue weighted by Crippen LogP contribution is 2.16. The zero-order chi connectivity index (χ0) is 6.53. The fourth-order valence-electron chi connectivity index (χ4n) is 0.997. The minimum atomic E-state index is 1.08. The van der Waals surface area contributed by atoms with E-state index in [0.717, 1.165) is 6.42 Å². The molecule has 0 aliphatic heterocycles. The minimum Gasteiger partial charge on any atom is -0.504 e. The van der Waals surface area contributed by atoms with Gasteiger partial charge >= 0.3 is 0 Å². The lowest BCUT2D eigenvalue weighted by Gasteiger charge is -2.06. The van der Waals surface area contributed by atoms with Crippen LogP contribution < -0.4 is 0 Å². The molecule has 0 radical (unpaired) electrons. The first-order valence-electron chi connectivity index (χ1n) is 3.29. The standard InChI is InChI=1S/C8H12O/c1-9-7-8-5-3-2-4-6-8/h2-3,7H,4-6H2,1H3. The van der Waals surface area contributed by atoms with Gasteiger partial charge in [0.25, 0.3) is 0 Å². The van der Waals surface area contributed by atoms with Gasteiger partial charge in [-0.3, -0.25) is 0 Å². The summed E-state index contributed by atoms with van der Waals surface area (Å²) in [6.07, 6.45) is 9.68. The SMILES string of the molecule is COC=C1CC=CCC1. The van der Waals surface area contributed by atoms with Crippen LogP contribution in [0.1, 0.15) is 19.3 Å². The van der Waals surface area contributed by atoms with Crippen LogP contribution in [0.4, 0.5) is 0 Å². The van der Waals surface area contributed by atoms with Crippen molar-refractivity contribution >= 4 is 0 Å². The van der Waals surface area contributed by atoms with E-state index in [1.807, 2.05) is 6.26 Å². The Morgan fingerprint density at radius 3 is 3.00 bits per heavy atom. The van der Waals surface area contributed by atoms with Gasteiger partial charge in [-0.25, -0.2) is 0 Å². The Balaban J connectivity index is 2.43. The molecule has 0 unspecified atom stereocenters. The van der Waals surface area contributed by atoms with Crippen LogP contribution in [0.2, 0.25) is 0 Å². The molecular formula is C8H12O. The molecule has 0 saturated carbocycles. The van der Waals surface area contributed by atoms with Crippen molar-refractivity contribution in [3.63, 3.8) is 0 Å². The molecular weight excluding hydrogens is 112 g/mol. The highest BCUT2D eigenvalue weighted by Gasteiger charge is 1.97. The topological polar surface area (TPSA) is 9.23 Å². The molecule has 1 heteroatoms. The van der Waals surface area contributed by atoms with E-state index >= 15 is 0 Å². The molecule has 1 aliphatic rings. The third-order valence-corrected chi connectivity index (χ3v) is 1.46. The molecule has 0 saturated heterocycles. The van der Waals surface area contributed by atoms with Crippen molar-refractivity contribution in [2.45, 2.75) is 19.3 Å². The van der Waals surface area contributed by atoms with Crippen LogP contribution in [0.3, 0.4) is 0 Å². The average molecular weight is 124 g/mol. The summed E-state index contributed by atoms with van der Waals surface area (Å²) >= 11 is 0. The van der Waals surface area contributed by atoms with E-state index in [9.17, 15) is 0 Å². The highest BCUT2D eigenvalue weighted by atomic mass is 16.5. The average Bonchev–Trinajstić information content (AvgIpc) is 1.91. The molecule has 0 aromatic rings. The van der Waals surface area contributed by atoms with Crippen LogP contribution >= 0.6 is 0 Å². The Morgan fingerprint density at radius 1 is 1.56 bits per heavy atom. The molecule has 1 nitrogen and oxygen atoms in total. The summed E-state index contributed by atoms with van der Waals surface area (Å²) in [6.45, 7) is 0. The maximum atomic E-state index is 4.89. The van der Waals surface area contributed by atoms with Crippen LogP contribution in [-0.2, 0) is 4.74 Å². The summed E-state index contributed by atoms with van der Waals surface area (Å²) in [5.74, 6) is 0. The van der Waals surface area contributed by atoms with E-state index in [1.165, 1.54) is 18.4 Å². The van der Waals surface area contributed by atoms with Crippen molar-refractivity contribution in [3.05, 3.63) is 24.0 Å². The smallest absolute Gasteiger partial charge is 0.0819 e. The van der Waals surface area contributed by atoms with Gasteiger partial charge in [0, 0.05) is 0 Å². The van der Waals surface area contributed by atoms with E-state index in [0.29, 0.717) is 0 Å². The monoisotopic (exact) mass is 124 g/mol. The second kappa shape index (κ2) is 3.33. The molecule has 1 rings (SSSR count). The van der Waals surface area contributed by atoms with E-state index in [1.54, 1.807) is 7.11 Å². The van der Waals surface area contributed by atoms with Crippen molar-refractivity contribution in [3.8, 4) is 0 Å². The van der Waals surface area contributed by atoms with Gasteiger partial charge in [-0.15, -0.1) is 0 Å². The quantitative estimate of drug-likeness (QED) is 0.385. The van der Waals surface area contributed by atoms with Crippen molar-refractivity contribution in [1.29, 1.82) is 0 Å². The van der Waals surface area contributed by atoms with E-state index in [2.05, 4.69) is 12.2 Å². The third kappa shape index (κ3) is 1.92. The third-order valence-electron chi connectivity index (χ3n) is 1.46. The van der Waals surface area contributed by atoms with Gasteiger partial charge < -0.3 is 4.74 Å². The first-order chi connectivity index (χ1) is 4.43. The fraction of sp³-hybridized carbons (Fsp3) is 0.500. The summed E-state index contributed by atoms with van der Waals surface area (Å²) in [5.41, 5.74) is 1.40. The van der Waals surface area contributed by atoms with Crippen LogP contribution in [0.25, 0.3) is 0 Å². The summed E-state index contributed by atoms with van der Waals surface area (Å²) in [6, 6.07) is 0. The molecule has 0 fully saturated rings. The van der Waals surface area contributed by atoms with Gasteiger partial charge in [0.15, 0.2) is 0 Å². The van der Waals surface area contributed by atoms with Crippen molar-refractivity contribution in [1.82, 2.24) is 0 Å². The lowest BCUT2D eigenvalue weighted by atomic mass is 10.0. The number of rotatable bonds is 1. The zero-order valence-corrected chi connectivity index (χ0v) is 5.76. The Kier molecular flexibility index (Phi) is 2.37. The predicted octanol–water partition coefficient (Wildman–Crippen LogP) is 2.26. The molecule has 0 N–H and O–H groups in total. The number of methoxy groups -OCH3 is 1. The Labute approximate surface area is 56.0 Å². The summed E-state index contributed by atoms with van der Waals surface area (Å²) in [5, 5.41) is 0. The number of allylic oxidation sites excluding steroid dienone is 3. The predicted molar refractivity (Wildman–Crippen MR) is 38.1 cm³/mol. The normalized spacial score (nSPS) is 22.6. The molecule has 50 valence electrons. The second-order valence-electron chi connectivity index (χ2n) is 2.23. The molecule has 1 aliphatic carbocycles. The van der Waals surface area contributed by atoms with Gasteiger partial charge in [0.2, 0.25) is 0 Å². The largest absolute Gasteiger partial charge is 0.504 e. The van der Waals surface area contributed by atoms with E-state index in [4.69, 9.17) is 4.74 Å². The summed E-state index contributed by atoms with van der Waals surface area (Å²) in [7, 11) is 1.70. The van der Waals surface area contributed by atoms with Crippen LogP contribution in [0.5, 0.6) is 0 Å². The molecule has 0 atom stereocenters. The molecule has 0 heterocycles. The molecule has 0 aromatic carbocycles. The molecule has 9 heavy (non-hydrogen) atoms. The van der Waals surface area contributed by atoms with E-state index < -0.39 is 0 Å². The second-order valence-corrected chi connectivity index (χ2v) is 2.23. The number of hydrogen-bond donors (Lipinski definition) is 0. The molecule has 0 bridgehead atoms. The lowest BCUT2D eigenvalue weighted by molar-refractivity contribution is 0.331. The maximum Gasteiger partial charge on any atom is 0.0819 e. The number of hydrogen-bond acceptors (Lipinski definition) is 1. The Bertz CT molecular complexity index is 134. The lowest BCUT2D eigenvalue weighted by Crippen LogP contribution is -1.87. The molecule has 0 spiro atoms. The van der Waals surface area contributed by atoms with Crippen molar-refractivity contribution in [2.24, 2.45) is 0 Å². The molecule has 0 amide bonds. The first kappa shape index (κ1) is 6.40. The zero-order valence-electron chi connectivity index (χ0n) is 5.76. The number of ether oxygens (including phenoxy) is 1. The van der Waals surface area contributed by atoms with Gasteiger partial charge in [0.1, 0.15) is 0 Å². The Hall–Kier alpha value is -0.720. The van der Waals surface area contributed by atoms with Crippen LogP contribution in [0, 0.1) is 0 Å². The van der Waals surface area contributed by atoms with Gasteiger partial charge in [-0.2, -0.15) is 0 Å². The minimum absolute atomic E-state index is 1.08. The summed E-state index contributed by atoms with van der Waals surface area (Å²) < 4.78 is 4.89. The fourth-order valence-corrected chi connectivity index (χ4v) is 0.997. The Morgan fingerprint density at radius 2 is 2.44 bits per heavy atom. The summed E-state index contributed by atoms with van der Waals surface area (Å²) in [4.78, 5) is 0. The van der Waals surface area contributed by atoms with Gasteiger partial charge in [0.05, 0.1) is 13.4 Å². The van der Waals surface area contributed by atoms with Crippen LogP contribution in [-0.4, -0.2) is 7.11 Å². The van der Waals surface area contributed by atoms with Gasteiger partial charge in [-0.1, -0.05) is 12.2 Å². The van der Waals surface area contributed by atoms with Gasteiger partial charge in [-0.05, 0) is 24.8 Å². The first-order valence-corrected chi connectivity index (χ1v) is 3.29. The van der Waals surface area contributed by atoms with E-state index in [-0.39, 0.29) is 0 Å². The highest BCUT2D eigenvalue weighted by molar-refractivity contribution is 5.10. The van der Waals surface area contributed by atoms with Crippen molar-refractivity contribution in [2.75, 3.05) is 7.11 Å². The maximum absolute atomic E-state index is 4.89. The molecule has 0 aromatic heterocycles. The van der Waals surface area contributed by atoms with Crippen molar-refractivity contribution < 1.29 is 4.74 Å².